The Kier molecular flexibility index (Phi) is 3.17. The van der Waals surface area contributed by atoms with Crippen LogP contribution < -0.4 is 5.32 Å². The summed E-state index contributed by atoms with van der Waals surface area (Å²) in [5.74, 6) is 0.923. The molecule has 2 aliphatic rings. The number of nitrogens with zero attached hydrogens (tertiary/aromatic N) is 1. The van der Waals surface area contributed by atoms with E-state index in [9.17, 15) is 0 Å². The number of nitrogens with one attached hydrogen (secondary N) is 1. The molecule has 1 aromatic carbocycles. The van der Waals surface area contributed by atoms with Gasteiger partial charge in [0.15, 0.2) is 5.17 Å². The fraction of sp³-hybridized carbons (Fsp3) is 0.462. The van der Waals surface area contributed by atoms with Crippen LogP contribution in [-0.4, -0.2) is 17.0 Å². The Bertz CT molecular complexity index is 448. The highest BCUT2D eigenvalue weighted by Crippen LogP contribution is 2.42. The zero-order valence-corrected chi connectivity index (χ0v) is 12.1. The molecule has 1 aromatic rings. The van der Waals surface area contributed by atoms with Gasteiger partial charge in [0.05, 0.1) is 6.54 Å². The van der Waals surface area contributed by atoms with Crippen molar-refractivity contribution in [3.8, 4) is 0 Å². The van der Waals surface area contributed by atoms with Gasteiger partial charge in [0.1, 0.15) is 0 Å². The normalized spacial score (nSPS) is 23.6. The van der Waals surface area contributed by atoms with Gasteiger partial charge in [-0.1, -0.05) is 27.7 Å². The van der Waals surface area contributed by atoms with Gasteiger partial charge in [-0.25, -0.2) is 0 Å². The van der Waals surface area contributed by atoms with Crippen molar-refractivity contribution in [3.63, 3.8) is 0 Å². The molecule has 0 aromatic heterocycles. The number of benzene rings is 1. The fourth-order valence-corrected chi connectivity index (χ4v) is 3.94. The highest BCUT2D eigenvalue weighted by molar-refractivity contribution is 9.10. The van der Waals surface area contributed by atoms with E-state index in [-0.39, 0.29) is 0 Å². The zero-order chi connectivity index (χ0) is 11.8. The van der Waals surface area contributed by atoms with E-state index in [1.54, 1.807) is 0 Å². The third kappa shape index (κ3) is 2.86. The standard InChI is InChI=1S/C13H15BrN2S/c1-8-4-10(14)6-11(5-8)16-13-15-7-12(17-13)9-2-3-9/h4-6,9,12H,2-3,7H2,1H3,(H,15,16). The fourth-order valence-electron chi connectivity index (χ4n) is 2.11. The number of hydrogen-bond acceptors (Lipinski definition) is 3. The lowest BCUT2D eigenvalue weighted by Gasteiger charge is -2.09. The van der Waals surface area contributed by atoms with Crippen LogP contribution in [0.3, 0.4) is 0 Å². The van der Waals surface area contributed by atoms with Gasteiger partial charge in [0.25, 0.3) is 0 Å². The van der Waals surface area contributed by atoms with Gasteiger partial charge in [-0.2, -0.15) is 0 Å². The molecule has 17 heavy (non-hydrogen) atoms. The van der Waals surface area contributed by atoms with Gasteiger partial charge in [-0.3, -0.25) is 4.99 Å². The maximum Gasteiger partial charge on any atom is 0.161 e. The monoisotopic (exact) mass is 310 g/mol. The SMILES string of the molecule is Cc1cc(Br)cc(NC2=NCC(C3CC3)S2)c1. The minimum absolute atomic E-state index is 0.728. The highest BCUT2D eigenvalue weighted by Gasteiger charge is 2.35. The second-order valence-corrected chi connectivity index (χ2v) is 6.93. The van der Waals surface area contributed by atoms with Crippen molar-refractivity contribution < 1.29 is 0 Å². The van der Waals surface area contributed by atoms with E-state index >= 15 is 0 Å². The van der Waals surface area contributed by atoms with Crippen LogP contribution in [0.4, 0.5) is 5.69 Å². The first-order valence-electron chi connectivity index (χ1n) is 5.96. The van der Waals surface area contributed by atoms with E-state index in [2.05, 4.69) is 51.4 Å². The van der Waals surface area contributed by atoms with Gasteiger partial charge in [-0.15, -0.1) is 0 Å². The van der Waals surface area contributed by atoms with Crippen molar-refractivity contribution in [2.75, 3.05) is 11.9 Å². The van der Waals surface area contributed by atoms with Gasteiger partial charge < -0.3 is 5.32 Å². The number of anilines is 1. The van der Waals surface area contributed by atoms with Crippen LogP contribution in [0.25, 0.3) is 0 Å². The lowest BCUT2D eigenvalue weighted by atomic mass is 10.2. The average Bonchev–Trinajstić information content (AvgIpc) is 2.99. The van der Waals surface area contributed by atoms with Crippen molar-refractivity contribution in [2.24, 2.45) is 10.9 Å². The first-order chi connectivity index (χ1) is 8.20. The summed E-state index contributed by atoms with van der Waals surface area (Å²) in [7, 11) is 0. The Hall–Kier alpha value is -0.480. The van der Waals surface area contributed by atoms with Crippen LogP contribution in [0.15, 0.2) is 27.7 Å². The van der Waals surface area contributed by atoms with Crippen LogP contribution in [-0.2, 0) is 0 Å². The molecule has 2 nitrogen and oxygen atoms in total. The largest absolute Gasteiger partial charge is 0.335 e. The third-order valence-electron chi connectivity index (χ3n) is 3.12. The molecule has 1 saturated carbocycles. The molecule has 1 heterocycles. The van der Waals surface area contributed by atoms with Crippen molar-refractivity contribution >= 4 is 38.5 Å². The highest BCUT2D eigenvalue weighted by atomic mass is 79.9. The van der Waals surface area contributed by atoms with E-state index in [1.165, 1.54) is 18.4 Å². The van der Waals surface area contributed by atoms with Crippen molar-refractivity contribution in [3.05, 3.63) is 28.2 Å². The van der Waals surface area contributed by atoms with Crippen LogP contribution in [0, 0.1) is 12.8 Å². The summed E-state index contributed by atoms with van der Waals surface area (Å²) in [6.07, 6.45) is 2.80. The second-order valence-electron chi connectivity index (χ2n) is 4.78. The quantitative estimate of drug-likeness (QED) is 0.891. The molecular weight excluding hydrogens is 296 g/mol. The molecule has 0 radical (unpaired) electrons. The Labute approximate surface area is 114 Å². The molecule has 0 amide bonds. The maximum absolute atomic E-state index is 4.59. The van der Waals surface area contributed by atoms with Crippen LogP contribution in [0.5, 0.6) is 0 Å². The maximum atomic E-state index is 4.59. The average molecular weight is 311 g/mol. The topological polar surface area (TPSA) is 24.4 Å². The second kappa shape index (κ2) is 4.65. The molecule has 90 valence electrons. The molecule has 4 heteroatoms. The van der Waals surface area contributed by atoms with Gasteiger partial charge in [0.2, 0.25) is 0 Å². The molecule has 1 unspecified atom stereocenters. The Morgan fingerprint density at radius 3 is 2.88 bits per heavy atom. The summed E-state index contributed by atoms with van der Waals surface area (Å²) in [4.78, 5) is 4.59. The molecule has 1 fully saturated rings. The summed E-state index contributed by atoms with van der Waals surface area (Å²) < 4.78 is 1.11. The smallest absolute Gasteiger partial charge is 0.161 e. The number of amidine groups is 1. The molecule has 1 N–H and O–H groups in total. The summed E-state index contributed by atoms with van der Waals surface area (Å²) in [6, 6.07) is 6.36. The first-order valence-corrected chi connectivity index (χ1v) is 7.63. The predicted octanol–water partition coefficient (Wildman–Crippen LogP) is 4.05. The summed E-state index contributed by atoms with van der Waals surface area (Å²) in [5.41, 5.74) is 2.38. The summed E-state index contributed by atoms with van der Waals surface area (Å²) in [6.45, 7) is 3.09. The van der Waals surface area contributed by atoms with Crippen LogP contribution in [0.1, 0.15) is 18.4 Å². The van der Waals surface area contributed by atoms with E-state index in [1.807, 2.05) is 11.8 Å². The van der Waals surface area contributed by atoms with Crippen molar-refractivity contribution in [2.45, 2.75) is 25.0 Å². The summed E-state index contributed by atoms with van der Waals surface area (Å²) >= 11 is 5.43. The predicted molar refractivity (Wildman–Crippen MR) is 78.9 cm³/mol. The number of halogens is 1. The Morgan fingerprint density at radius 1 is 1.35 bits per heavy atom. The number of rotatable bonds is 2. The third-order valence-corrected chi connectivity index (χ3v) is 4.87. The minimum Gasteiger partial charge on any atom is -0.335 e. The molecular formula is C13H15BrN2S. The molecule has 1 aliphatic heterocycles. The lowest BCUT2D eigenvalue weighted by molar-refractivity contribution is 0.773. The zero-order valence-electron chi connectivity index (χ0n) is 9.74. The van der Waals surface area contributed by atoms with Gasteiger partial charge in [-0.05, 0) is 49.4 Å². The van der Waals surface area contributed by atoms with Gasteiger partial charge >= 0.3 is 0 Å². The first kappa shape index (κ1) is 11.6. The van der Waals surface area contributed by atoms with E-state index in [0.29, 0.717) is 0 Å². The van der Waals surface area contributed by atoms with E-state index < -0.39 is 0 Å². The van der Waals surface area contributed by atoms with Crippen LogP contribution >= 0.6 is 27.7 Å². The van der Waals surface area contributed by atoms with Crippen molar-refractivity contribution in [1.82, 2.24) is 0 Å². The summed E-state index contributed by atoms with van der Waals surface area (Å²) in [5, 5.41) is 5.23. The molecule has 0 bridgehead atoms. The number of aliphatic imine (C=N–C) groups is 1. The molecule has 1 aliphatic carbocycles. The lowest BCUT2D eigenvalue weighted by Crippen LogP contribution is -2.09. The molecule has 0 spiro atoms. The Morgan fingerprint density at radius 2 is 2.18 bits per heavy atom. The van der Waals surface area contributed by atoms with Crippen LogP contribution in [0.2, 0.25) is 0 Å². The van der Waals surface area contributed by atoms with E-state index in [4.69, 9.17) is 0 Å². The molecule has 0 saturated heterocycles. The van der Waals surface area contributed by atoms with Crippen molar-refractivity contribution in [1.29, 1.82) is 0 Å². The Balaban J connectivity index is 1.66. The van der Waals surface area contributed by atoms with E-state index in [0.717, 1.165) is 33.0 Å². The number of thioether (sulfide) groups is 1. The van der Waals surface area contributed by atoms with Gasteiger partial charge in [0, 0.05) is 15.4 Å². The molecule has 3 rings (SSSR count). The minimum atomic E-state index is 0.728. The molecule has 1 atom stereocenters. The number of hydrogen-bond donors (Lipinski definition) is 1. The number of aryl methyl sites for hydroxylation is 1.